The van der Waals surface area contributed by atoms with Crippen LogP contribution in [0.4, 0.5) is 0 Å². The van der Waals surface area contributed by atoms with Crippen molar-refractivity contribution in [2.75, 3.05) is 7.11 Å². The van der Waals surface area contributed by atoms with Crippen LogP contribution >= 0.6 is 0 Å². The van der Waals surface area contributed by atoms with Crippen molar-refractivity contribution < 1.29 is 43.2 Å². The van der Waals surface area contributed by atoms with E-state index in [9.17, 15) is 14.4 Å². The van der Waals surface area contributed by atoms with Crippen molar-refractivity contribution >= 4 is 28.7 Å². The molecule has 1 N–H and O–H groups in total. The van der Waals surface area contributed by atoms with E-state index >= 15 is 0 Å². The standard InChI is InChI=1S/C26H28O4.C12H16O3.C11H18O2/c1-5-26(3,4)25(27)30-21-14-12-20(13-15-21)28-17(2)29-23-16-19-10-6-8-18-9-7-11-22(23)24(18)19;1-4-12(2,3)11(14)15-10-7-5-9(13)6-8-10;1-6-4-8-5-9(6)7(2)10(8)11(12)13-3/h6-15,17,23H,5,16H2,1-4H3;5-8,13H,4H2,1-3H3;6-10H,4-5H2,1-3H3. The largest absolute Gasteiger partial charge is 0.508 e. The number of carbonyl (C=O) groups is 3. The maximum absolute atomic E-state index is 12.2. The SMILES string of the molecule is CCC(C)(C)C(=O)Oc1ccc(O)cc1.CCC(C)(C)C(=O)Oc1ccc(OC(C)OC2Cc3cccc4cccc2c34)cc1.COC(=O)C1C2CC(C)C(C2)C1C. The van der Waals surface area contributed by atoms with Crippen molar-refractivity contribution in [1.82, 2.24) is 0 Å². The number of esters is 3. The number of phenols is 1. The summed E-state index contributed by atoms with van der Waals surface area (Å²) in [4.78, 5) is 35.4. The molecule has 9 nitrogen and oxygen atoms in total. The van der Waals surface area contributed by atoms with E-state index in [0.29, 0.717) is 29.1 Å². The first-order valence-electron chi connectivity index (χ1n) is 20.7. The van der Waals surface area contributed by atoms with Gasteiger partial charge in [0.1, 0.15) is 23.0 Å². The highest BCUT2D eigenvalue weighted by atomic mass is 16.7. The van der Waals surface area contributed by atoms with E-state index in [2.05, 4.69) is 50.2 Å². The van der Waals surface area contributed by atoms with E-state index in [4.69, 9.17) is 28.8 Å². The number of benzene rings is 4. The lowest BCUT2D eigenvalue weighted by atomic mass is 9.75. The Labute approximate surface area is 344 Å². The third-order valence-corrected chi connectivity index (χ3v) is 12.6. The van der Waals surface area contributed by atoms with Gasteiger partial charge < -0.3 is 28.8 Å². The minimum Gasteiger partial charge on any atom is -0.508 e. The molecule has 0 saturated heterocycles. The Morgan fingerprint density at radius 3 is 1.81 bits per heavy atom. The first-order valence-corrected chi connectivity index (χ1v) is 20.7. The molecule has 2 fully saturated rings. The Morgan fingerprint density at radius 1 is 0.759 bits per heavy atom. The molecule has 0 aliphatic heterocycles. The average Bonchev–Trinajstić information content (AvgIpc) is 3.87. The van der Waals surface area contributed by atoms with E-state index in [-0.39, 0.29) is 35.7 Å². The van der Waals surface area contributed by atoms with Crippen molar-refractivity contribution in [3.05, 3.63) is 96.1 Å². The van der Waals surface area contributed by atoms with Gasteiger partial charge in [-0.25, -0.2) is 0 Å². The summed E-state index contributed by atoms with van der Waals surface area (Å²) in [5.74, 6) is 4.29. The Bertz CT molecular complexity index is 2010. The van der Waals surface area contributed by atoms with Gasteiger partial charge in [0.05, 0.1) is 30.0 Å². The topological polar surface area (TPSA) is 118 Å². The summed E-state index contributed by atoms with van der Waals surface area (Å²) in [5, 5.41) is 11.6. The van der Waals surface area contributed by atoms with Gasteiger partial charge in [-0.3, -0.25) is 14.4 Å². The number of phenolic OH excluding ortho intramolecular Hbond substituents is 1. The third-order valence-electron chi connectivity index (χ3n) is 12.6. The van der Waals surface area contributed by atoms with E-state index in [1.165, 1.54) is 54.0 Å². The molecule has 0 aromatic heterocycles. The molecular weight excluding hydrogens is 733 g/mol. The third kappa shape index (κ3) is 10.4. The van der Waals surface area contributed by atoms with Crippen LogP contribution in [0.5, 0.6) is 23.0 Å². The lowest BCUT2D eigenvalue weighted by molar-refractivity contribution is -0.149. The van der Waals surface area contributed by atoms with Gasteiger partial charge in [-0.1, -0.05) is 64.1 Å². The molecule has 7 rings (SSSR count). The van der Waals surface area contributed by atoms with Crippen LogP contribution in [-0.4, -0.2) is 36.4 Å². The van der Waals surface area contributed by atoms with Gasteiger partial charge in [0.15, 0.2) is 6.29 Å². The predicted molar refractivity (Wildman–Crippen MR) is 226 cm³/mol. The quantitative estimate of drug-likeness (QED) is 0.0899. The van der Waals surface area contributed by atoms with Gasteiger partial charge in [-0.05, 0) is 154 Å². The average molecular weight is 795 g/mol. The second-order valence-electron chi connectivity index (χ2n) is 17.4. The normalized spacial score (nSPS) is 22.2. The second kappa shape index (κ2) is 18.8. The fraction of sp³-hybridized carbons (Fsp3) is 0.490. The minimum absolute atomic E-state index is 0.0161. The van der Waals surface area contributed by atoms with Gasteiger partial charge in [0, 0.05) is 6.42 Å². The molecule has 0 amide bonds. The van der Waals surface area contributed by atoms with Crippen molar-refractivity contribution in [3.63, 3.8) is 0 Å². The zero-order valence-electron chi connectivity index (χ0n) is 35.9. The molecule has 4 aromatic carbocycles. The summed E-state index contributed by atoms with van der Waals surface area (Å²) >= 11 is 0. The number of carbonyl (C=O) groups excluding carboxylic acids is 3. The van der Waals surface area contributed by atoms with E-state index in [0.717, 1.165) is 31.1 Å². The van der Waals surface area contributed by atoms with Gasteiger partial charge in [0.2, 0.25) is 0 Å². The number of fused-ring (bicyclic) bond motifs is 2. The van der Waals surface area contributed by atoms with Crippen LogP contribution in [0.15, 0.2) is 84.9 Å². The summed E-state index contributed by atoms with van der Waals surface area (Å²) in [7, 11) is 1.50. The number of aromatic hydroxyl groups is 1. The lowest BCUT2D eigenvalue weighted by Crippen LogP contribution is -2.31. The van der Waals surface area contributed by atoms with Crippen LogP contribution in [-0.2, 0) is 30.3 Å². The van der Waals surface area contributed by atoms with Gasteiger partial charge in [-0.2, -0.15) is 0 Å². The van der Waals surface area contributed by atoms with Gasteiger partial charge >= 0.3 is 17.9 Å². The zero-order chi connectivity index (χ0) is 42.4. The molecule has 2 bridgehead atoms. The highest BCUT2D eigenvalue weighted by Crippen LogP contribution is 2.55. The summed E-state index contributed by atoms with van der Waals surface area (Å²) in [6.07, 6.45) is 4.36. The minimum atomic E-state index is -0.501. The van der Waals surface area contributed by atoms with Gasteiger partial charge in [0.25, 0.3) is 0 Å². The summed E-state index contributed by atoms with van der Waals surface area (Å²) < 4.78 is 27.7. The van der Waals surface area contributed by atoms with Crippen molar-refractivity contribution in [1.29, 1.82) is 0 Å². The van der Waals surface area contributed by atoms with Crippen LogP contribution in [0.1, 0.15) is 105 Å². The lowest BCUT2D eigenvalue weighted by Gasteiger charge is -2.29. The van der Waals surface area contributed by atoms with E-state index in [1.54, 1.807) is 36.4 Å². The van der Waals surface area contributed by atoms with Crippen LogP contribution in [0, 0.1) is 40.4 Å². The number of hydrogen-bond acceptors (Lipinski definition) is 9. The Morgan fingerprint density at radius 2 is 1.29 bits per heavy atom. The Balaban J connectivity index is 0.000000190. The molecule has 58 heavy (non-hydrogen) atoms. The Hall–Kier alpha value is -4.89. The molecule has 7 unspecified atom stereocenters. The number of ether oxygens (including phenoxy) is 5. The number of hydrogen-bond donors (Lipinski definition) is 1. The van der Waals surface area contributed by atoms with Crippen molar-refractivity contribution in [2.24, 2.45) is 40.4 Å². The first-order chi connectivity index (χ1) is 27.5. The van der Waals surface area contributed by atoms with Crippen LogP contribution in [0.3, 0.4) is 0 Å². The monoisotopic (exact) mass is 794 g/mol. The molecule has 4 aromatic rings. The fourth-order valence-corrected chi connectivity index (χ4v) is 8.24. The molecule has 3 aliphatic rings. The Kier molecular flexibility index (Phi) is 14.3. The summed E-state index contributed by atoms with van der Waals surface area (Å²) in [6.45, 7) is 17.8. The number of rotatable bonds is 11. The predicted octanol–water partition coefficient (Wildman–Crippen LogP) is 11.0. The number of methoxy groups -OCH3 is 1. The first kappa shape index (κ1) is 44.2. The zero-order valence-corrected chi connectivity index (χ0v) is 35.9. The van der Waals surface area contributed by atoms with Crippen molar-refractivity contribution in [2.45, 2.75) is 107 Å². The van der Waals surface area contributed by atoms with E-state index in [1.807, 2.05) is 48.5 Å². The van der Waals surface area contributed by atoms with Crippen molar-refractivity contribution in [3.8, 4) is 23.0 Å². The molecule has 312 valence electrons. The highest BCUT2D eigenvalue weighted by Gasteiger charge is 2.52. The highest BCUT2D eigenvalue weighted by molar-refractivity contribution is 5.91. The summed E-state index contributed by atoms with van der Waals surface area (Å²) in [6, 6.07) is 26.0. The molecular formula is C49H62O9. The van der Waals surface area contributed by atoms with Crippen LogP contribution in [0.25, 0.3) is 10.8 Å². The molecule has 0 radical (unpaired) electrons. The maximum atomic E-state index is 12.2. The molecule has 0 spiro atoms. The molecule has 0 heterocycles. The maximum Gasteiger partial charge on any atom is 0.316 e. The second-order valence-corrected chi connectivity index (χ2v) is 17.4. The van der Waals surface area contributed by atoms with E-state index < -0.39 is 17.1 Å². The molecule has 7 atom stereocenters. The molecule has 3 aliphatic carbocycles. The molecule has 2 saturated carbocycles. The van der Waals surface area contributed by atoms with Crippen LogP contribution in [0.2, 0.25) is 0 Å². The molecule has 9 heteroatoms. The summed E-state index contributed by atoms with van der Waals surface area (Å²) in [5.41, 5.74) is 1.57. The van der Waals surface area contributed by atoms with Crippen LogP contribution < -0.4 is 14.2 Å². The smallest absolute Gasteiger partial charge is 0.316 e. The fourth-order valence-electron chi connectivity index (χ4n) is 8.24. The van der Waals surface area contributed by atoms with Gasteiger partial charge in [-0.15, -0.1) is 0 Å².